The van der Waals surface area contributed by atoms with Gasteiger partial charge in [-0.05, 0) is 58.7 Å². The van der Waals surface area contributed by atoms with E-state index in [1.165, 1.54) is 30.9 Å². The number of fused-ring (bicyclic) bond motifs is 8. The van der Waals surface area contributed by atoms with E-state index in [0.717, 1.165) is 66.5 Å². The Kier molecular flexibility index (Phi) is 8.53. The van der Waals surface area contributed by atoms with Crippen molar-refractivity contribution in [3.8, 4) is 45.0 Å². The maximum atomic E-state index is 6.87. The topological polar surface area (TPSA) is 51.8 Å². The van der Waals surface area contributed by atoms with E-state index in [0.29, 0.717) is 17.5 Å². The molecule has 8 aromatic carbocycles. The molecule has 278 valence electrons. The average molecular weight is 774 g/mol. The standard InChI is InChI=1S/C54H35N3OS/c1-2-14-39(33-34-15-5-3-6-16-34)53-55-52(38-27-25-36(26-28-38)35-17-7-4-8-18-35)56-54(57-53)46-32-31-41(49-48(46)45-21-11-12-24-47(45)58-49)42-22-13-23-43-44-30-29-37-19-9-10-20-40(37)50(44)59-51(42)43/h2-33H,1H3/b14-2-,39-33+. The number of rotatable bonds is 7. The number of aromatic nitrogens is 3. The van der Waals surface area contributed by atoms with Gasteiger partial charge in [0.05, 0.1) is 0 Å². The molecule has 0 saturated heterocycles. The molecule has 0 fully saturated rings. The predicted molar refractivity (Wildman–Crippen MR) is 248 cm³/mol. The van der Waals surface area contributed by atoms with Crippen LogP contribution in [0, 0.1) is 0 Å². The largest absolute Gasteiger partial charge is 0.455 e. The van der Waals surface area contributed by atoms with Crippen LogP contribution in [0.3, 0.4) is 0 Å². The van der Waals surface area contributed by atoms with Crippen LogP contribution in [0.25, 0.3) is 110 Å². The van der Waals surface area contributed by atoms with Crippen LogP contribution in [0.2, 0.25) is 0 Å². The lowest BCUT2D eigenvalue weighted by Gasteiger charge is -2.12. The summed E-state index contributed by atoms with van der Waals surface area (Å²) in [5.74, 6) is 1.77. The Hall–Kier alpha value is -7.47. The zero-order chi connectivity index (χ0) is 39.3. The molecule has 11 aromatic rings. The quantitative estimate of drug-likeness (QED) is 0.151. The molecule has 0 bridgehead atoms. The molecule has 0 amide bonds. The van der Waals surface area contributed by atoms with Crippen LogP contribution in [0.5, 0.6) is 0 Å². The SMILES string of the molecule is C/C=C\C(=C/c1ccccc1)c1nc(-c2ccc(-c3ccccc3)cc2)nc(-c2ccc(-c3cccc4c3sc3c5ccccc5ccc43)c3oc4ccccc4c23)n1. The van der Waals surface area contributed by atoms with Crippen molar-refractivity contribution in [3.63, 3.8) is 0 Å². The summed E-state index contributed by atoms with van der Waals surface area (Å²) in [6, 6.07) is 61.5. The fourth-order valence-electron chi connectivity index (χ4n) is 8.26. The van der Waals surface area contributed by atoms with Crippen LogP contribution in [0.4, 0.5) is 0 Å². The second-order valence-corrected chi connectivity index (χ2v) is 15.7. The molecule has 0 N–H and O–H groups in total. The van der Waals surface area contributed by atoms with Crippen molar-refractivity contribution in [2.24, 2.45) is 0 Å². The summed E-state index contributed by atoms with van der Waals surface area (Å²) in [6.45, 7) is 2.02. The molecule has 0 aliphatic heterocycles. The van der Waals surface area contributed by atoms with E-state index in [2.05, 4.69) is 152 Å². The molecule has 0 atom stereocenters. The highest BCUT2D eigenvalue weighted by molar-refractivity contribution is 7.27. The third-order valence-corrected chi connectivity index (χ3v) is 12.3. The number of thiophene rings is 1. The normalized spacial score (nSPS) is 12.2. The van der Waals surface area contributed by atoms with E-state index >= 15 is 0 Å². The van der Waals surface area contributed by atoms with E-state index in [-0.39, 0.29) is 0 Å². The third kappa shape index (κ3) is 6.11. The van der Waals surface area contributed by atoms with Gasteiger partial charge in [-0.2, -0.15) is 0 Å². The van der Waals surface area contributed by atoms with Crippen LogP contribution >= 0.6 is 11.3 Å². The van der Waals surface area contributed by atoms with Crippen LogP contribution in [-0.2, 0) is 0 Å². The second-order valence-electron chi connectivity index (χ2n) is 14.7. The number of benzene rings is 8. The second kappa shape index (κ2) is 14.5. The van der Waals surface area contributed by atoms with Gasteiger partial charge >= 0.3 is 0 Å². The molecule has 0 aliphatic carbocycles. The molecule has 3 aromatic heterocycles. The monoisotopic (exact) mass is 773 g/mol. The number of allylic oxidation sites excluding steroid dienone is 3. The Balaban J connectivity index is 1.14. The highest BCUT2D eigenvalue weighted by atomic mass is 32.1. The molecule has 0 radical (unpaired) electrons. The summed E-state index contributed by atoms with van der Waals surface area (Å²) in [5, 5.41) is 7.02. The molecule has 0 aliphatic rings. The third-order valence-electron chi connectivity index (χ3n) is 11.1. The molecule has 3 heterocycles. The van der Waals surface area contributed by atoms with Gasteiger partial charge < -0.3 is 4.42 Å². The molecule has 0 saturated carbocycles. The molecule has 59 heavy (non-hydrogen) atoms. The van der Waals surface area contributed by atoms with Gasteiger partial charge in [0.1, 0.15) is 11.2 Å². The molecular formula is C54H35N3OS. The lowest BCUT2D eigenvalue weighted by atomic mass is 9.96. The van der Waals surface area contributed by atoms with Gasteiger partial charge in [0.25, 0.3) is 0 Å². The molecule has 4 nitrogen and oxygen atoms in total. The number of hydrogen-bond acceptors (Lipinski definition) is 5. The fourth-order valence-corrected chi connectivity index (χ4v) is 9.62. The van der Waals surface area contributed by atoms with Crippen molar-refractivity contribution in [3.05, 3.63) is 199 Å². The van der Waals surface area contributed by atoms with Crippen LogP contribution < -0.4 is 0 Å². The first-order valence-electron chi connectivity index (χ1n) is 19.8. The number of para-hydroxylation sites is 1. The zero-order valence-electron chi connectivity index (χ0n) is 32.1. The number of hydrogen-bond donors (Lipinski definition) is 0. The Morgan fingerprint density at radius 1 is 0.492 bits per heavy atom. The molecule has 11 rings (SSSR count). The van der Waals surface area contributed by atoms with E-state index in [1.807, 2.05) is 60.7 Å². The molecule has 0 unspecified atom stereocenters. The lowest BCUT2D eigenvalue weighted by Crippen LogP contribution is -2.03. The molecular weight excluding hydrogens is 739 g/mol. The Morgan fingerprint density at radius 2 is 1.15 bits per heavy atom. The van der Waals surface area contributed by atoms with Gasteiger partial charge in [-0.1, -0.05) is 170 Å². The van der Waals surface area contributed by atoms with Gasteiger partial charge in [-0.3, -0.25) is 0 Å². The van der Waals surface area contributed by atoms with Crippen LogP contribution in [0.15, 0.2) is 192 Å². The highest BCUT2D eigenvalue weighted by Crippen LogP contribution is 2.47. The van der Waals surface area contributed by atoms with Gasteiger partial charge in [0, 0.05) is 58.8 Å². The van der Waals surface area contributed by atoms with Crippen molar-refractivity contribution in [2.75, 3.05) is 0 Å². The maximum Gasteiger partial charge on any atom is 0.164 e. The van der Waals surface area contributed by atoms with Gasteiger partial charge in [0.15, 0.2) is 17.5 Å². The fraction of sp³-hybridized carbons (Fsp3) is 0.0185. The van der Waals surface area contributed by atoms with Crippen molar-refractivity contribution >= 4 is 75.9 Å². The van der Waals surface area contributed by atoms with E-state index in [9.17, 15) is 0 Å². The molecule has 5 heteroatoms. The summed E-state index contributed by atoms with van der Waals surface area (Å²) >= 11 is 1.85. The number of furan rings is 1. The Bertz CT molecular complexity index is 3430. The highest BCUT2D eigenvalue weighted by Gasteiger charge is 2.22. The first-order chi connectivity index (χ1) is 29.2. The van der Waals surface area contributed by atoms with Gasteiger partial charge in [0.2, 0.25) is 0 Å². The van der Waals surface area contributed by atoms with Crippen LogP contribution in [0.1, 0.15) is 18.3 Å². The first-order valence-corrected chi connectivity index (χ1v) is 20.6. The van der Waals surface area contributed by atoms with Crippen molar-refractivity contribution in [2.45, 2.75) is 6.92 Å². The minimum atomic E-state index is 0.579. The van der Waals surface area contributed by atoms with Crippen molar-refractivity contribution in [1.82, 2.24) is 15.0 Å². The summed E-state index contributed by atoms with van der Waals surface area (Å²) in [5.41, 5.74) is 9.82. The van der Waals surface area contributed by atoms with Crippen LogP contribution in [-0.4, -0.2) is 15.0 Å². The summed E-state index contributed by atoms with van der Waals surface area (Å²) in [4.78, 5) is 15.7. The van der Waals surface area contributed by atoms with Gasteiger partial charge in [-0.25, -0.2) is 15.0 Å². The first kappa shape index (κ1) is 34.8. The van der Waals surface area contributed by atoms with Crippen molar-refractivity contribution in [1.29, 1.82) is 0 Å². The predicted octanol–water partition coefficient (Wildman–Crippen LogP) is 15.1. The van der Waals surface area contributed by atoms with Crippen molar-refractivity contribution < 1.29 is 4.42 Å². The summed E-state index contributed by atoms with van der Waals surface area (Å²) in [7, 11) is 0. The Morgan fingerprint density at radius 3 is 1.98 bits per heavy atom. The van der Waals surface area contributed by atoms with E-state index in [4.69, 9.17) is 19.4 Å². The summed E-state index contributed by atoms with van der Waals surface area (Å²) < 4.78 is 9.40. The smallest absolute Gasteiger partial charge is 0.164 e. The van der Waals surface area contributed by atoms with Gasteiger partial charge in [-0.15, -0.1) is 11.3 Å². The minimum absolute atomic E-state index is 0.579. The summed E-state index contributed by atoms with van der Waals surface area (Å²) in [6.07, 6.45) is 6.22. The number of nitrogens with zero attached hydrogens (tertiary/aromatic N) is 3. The molecule has 0 spiro atoms. The minimum Gasteiger partial charge on any atom is -0.455 e. The average Bonchev–Trinajstić information content (AvgIpc) is 3.89. The van der Waals surface area contributed by atoms with E-state index < -0.39 is 0 Å². The lowest BCUT2D eigenvalue weighted by molar-refractivity contribution is 0.670. The maximum absolute atomic E-state index is 6.87. The van der Waals surface area contributed by atoms with E-state index in [1.54, 1.807) is 0 Å². The Labute approximate surface area is 345 Å². The zero-order valence-corrected chi connectivity index (χ0v) is 32.9.